The summed E-state index contributed by atoms with van der Waals surface area (Å²) in [5.74, 6) is 0.725. The first-order valence-electron chi connectivity index (χ1n) is 7.25. The predicted octanol–water partition coefficient (Wildman–Crippen LogP) is 3.85. The number of hydrogen-bond donors (Lipinski definition) is 1. The van der Waals surface area contributed by atoms with Crippen molar-refractivity contribution in [2.75, 3.05) is 18.9 Å². The van der Waals surface area contributed by atoms with E-state index < -0.39 is 0 Å². The fourth-order valence-corrected chi connectivity index (χ4v) is 2.28. The Kier molecular flexibility index (Phi) is 5.28. The fourth-order valence-electron chi connectivity index (χ4n) is 2.28. The molecule has 2 aromatic rings. The molecule has 21 heavy (non-hydrogen) atoms. The van der Waals surface area contributed by atoms with Gasteiger partial charge in [-0.05, 0) is 38.6 Å². The van der Waals surface area contributed by atoms with Crippen LogP contribution in [-0.4, -0.2) is 23.5 Å². The molecule has 0 saturated carbocycles. The van der Waals surface area contributed by atoms with Gasteiger partial charge in [0, 0.05) is 30.9 Å². The van der Waals surface area contributed by atoms with Crippen molar-refractivity contribution in [3.05, 3.63) is 59.5 Å². The summed E-state index contributed by atoms with van der Waals surface area (Å²) in [5, 5.41) is 3.17. The Bertz CT molecular complexity index is 569. The van der Waals surface area contributed by atoms with Gasteiger partial charge in [0.05, 0.1) is 0 Å². The molecule has 4 heteroatoms. The van der Waals surface area contributed by atoms with Gasteiger partial charge >= 0.3 is 0 Å². The molecule has 1 heterocycles. The molecule has 0 saturated heterocycles. The van der Waals surface area contributed by atoms with Crippen molar-refractivity contribution < 1.29 is 4.39 Å². The van der Waals surface area contributed by atoms with Gasteiger partial charge in [0.25, 0.3) is 0 Å². The summed E-state index contributed by atoms with van der Waals surface area (Å²) in [6, 6.07) is 11.0. The normalized spacial score (nSPS) is 12.4. The van der Waals surface area contributed by atoms with Gasteiger partial charge < -0.3 is 5.32 Å². The average Bonchev–Trinajstić information content (AvgIpc) is 2.49. The molecule has 0 amide bonds. The molecule has 1 aromatic heterocycles. The number of rotatable bonds is 6. The summed E-state index contributed by atoms with van der Waals surface area (Å²) in [6.45, 7) is 5.64. The van der Waals surface area contributed by atoms with E-state index in [1.807, 2.05) is 45.3 Å². The average molecular weight is 287 g/mol. The topological polar surface area (TPSA) is 28.2 Å². The minimum absolute atomic E-state index is 0.0136. The molecule has 112 valence electrons. The van der Waals surface area contributed by atoms with E-state index in [2.05, 4.69) is 21.3 Å². The van der Waals surface area contributed by atoms with Crippen LogP contribution in [0.2, 0.25) is 0 Å². The minimum Gasteiger partial charge on any atom is -0.370 e. The van der Waals surface area contributed by atoms with E-state index in [4.69, 9.17) is 0 Å². The first-order chi connectivity index (χ1) is 10.1. The Morgan fingerprint density at radius 2 is 2.00 bits per heavy atom. The molecule has 1 aromatic carbocycles. The van der Waals surface area contributed by atoms with E-state index in [9.17, 15) is 4.39 Å². The zero-order valence-corrected chi connectivity index (χ0v) is 12.8. The molecule has 3 nitrogen and oxygen atoms in total. The fraction of sp³-hybridized carbons (Fsp3) is 0.353. The first-order valence-corrected chi connectivity index (χ1v) is 7.25. The number of hydrogen-bond acceptors (Lipinski definition) is 3. The van der Waals surface area contributed by atoms with Gasteiger partial charge in [-0.3, -0.25) is 4.90 Å². The maximum absolute atomic E-state index is 13.8. The van der Waals surface area contributed by atoms with Crippen LogP contribution in [0.5, 0.6) is 0 Å². The Balaban J connectivity index is 2.03. The number of benzene rings is 1. The quantitative estimate of drug-likeness (QED) is 0.875. The van der Waals surface area contributed by atoms with Crippen molar-refractivity contribution in [3.63, 3.8) is 0 Å². The smallest absolute Gasteiger partial charge is 0.127 e. The summed E-state index contributed by atoms with van der Waals surface area (Å²) >= 11 is 0. The van der Waals surface area contributed by atoms with Gasteiger partial charge in [-0.25, -0.2) is 9.37 Å². The van der Waals surface area contributed by atoms with Crippen LogP contribution in [0.15, 0.2) is 42.6 Å². The zero-order chi connectivity index (χ0) is 15.2. The minimum atomic E-state index is -0.155. The lowest BCUT2D eigenvalue weighted by Crippen LogP contribution is -2.22. The SMILES string of the molecule is CCNc1ccc(CN(C)C(C)c2ccccc2F)cn1. The molecule has 0 aliphatic carbocycles. The van der Waals surface area contributed by atoms with E-state index in [1.165, 1.54) is 6.07 Å². The summed E-state index contributed by atoms with van der Waals surface area (Å²) in [4.78, 5) is 6.47. The monoisotopic (exact) mass is 287 g/mol. The number of nitrogens with one attached hydrogen (secondary N) is 1. The number of nitrogens with zero attached hydrogens (tertiary/aromatic N) is 2. The van der Waals surface area contributed by atoms with Crippen molar-refractivity contribution in [2.24, 2.45) is 0 Å². The number of halogens is 1. The molecular formula is C17H22FN3. The van der Waals surface area contributed by atoms with Crippen molar-refractivity contribution in [1.29, 1.82) is 0 Å². The lowest BCUT2D eigenvalue weighted by molar-refractivity contribution is 0.247. The molecule has 2 rings (SSSR count). The van der Waals surface area contributed by atoms with Crippen molar-refractivity contribution in [2.45, 2.75) is 26.4 Å². The van der Waals surface area contributed by atoms with Crippen LogP contribution >= 0.6 is 0 Å². The third-order valence-electron chi connectivity index (χ3n) is 3.63. The predicted molar refractivity (Wildman–Crippen MR) is 84.7 cm³/mol. The first kappa shape index (κ1) is 15.4. The number of anilines is 1. The van der Waals surface area contributed by atoms with E-state index in [1.54, 1.807) is 6.07 Å². The highest BCUT2D eigenvalue weighted by Gasteiger charge is 2.15. The second kappa shape index (κ2) is 7.18. The molecule has 1 N–H and O–H groups in total. The number of pyridine rings is 1. The van der Waals surface area contributed by atoms with Crippen molar-refractivity contribution in [3.8, 4) is 0 Å². The van der Waals surface area contributed by atoms with Gasteiger partial charge in [-0.15, -0.1) is 0 Å². The molecular weight excluding hydrogens is 265 g/mol. The molecule has 0 aliphatic rings. The van der Waals surface area contributed by atoms with E-state index in [0.29, 0.717) is 0 Å². The van der Waals surface area contributed by atoms with Crippen LogP contribution in [0.25, 0.3) is 0 Å². The maximum Gasteiger partial charge on any atom is 0.127 e. The zero-order valence-electron chi connectivity index (χ0n) is 12.8. The lowest BCUT2D eigenvalue weighted by atomic mass is 10.1. The van der Waals surface area contributed by atoms with E-state index >= 15 is 0 Å². The molecule has 0 fully saturated rings. The molecule has 0 aliphatic heterocycles. The standard InChI is InChI=1S/C17H22FN3/c1-4-19-17-10-9-14(11-20-17)12-21(3)13(2)15-7-5-6-8-16(15)18/h5-11,13H,4,12H2,1-3H3,(H,19,20). The van der Waals surface area contributed by atoms with Gasteiger partial charge in [0.1, 0.15) is 11.6 Å². The lowest BCUT2D eigenvalue weighted by Gasteiger charge is -2.25. The summed E-state index contributed by atoms with van der Waals surface area (Å²) in [5.41, 5.74) is 1.83. The van der Waals surface area contributed by atoms with E-state index in [0.717, 1.165) is 30.0 Å². The Morgan fingerprint density at radius 3 is 2.62 bits per heavy atom. The second-order valence-corrected chi connectivity index (χ2v) is 5.19. The van der Waals surface area contributed by atoms with Crippen LogP contribution in [0.3, 0.4) is 0 Å². The molecule has 1 atom stereocenters. The molecule has 0 spiro atoms. The van der Waals surface area contributed by atoms with Crippen molar-refractivity contribution in [1.82, 2.24) is 9.88 Å². The summed E-state index contributed by atoms with van der Waals surface area (Å²) in [6.07, 6.45) is 1.86. The largest absolute Gasteiger partial charge is 0.370 e. The Labute approximate surface area is 125 Å². The van der Waals surface area contributed by atoms with Gasteiger partial charge in [0.15, 0.2) is 0 Å². The summed E-state index contributed by atoms with van der Waals surface area (Å²) in [7, 11) is 2.00. The van der Waals surface area contributed by atoms with Crippen LogP contribution in [0, 0.1) is 5.82 Å². The van der Waals surface area contributed by atoms with Gasteiger partial charge in [-0.2, -0.15) is 0 Å². The van der Waals surface area contributed by atoms with Gasteiger partial charge in [0.2, 0.25) is 0 Å². The second-order valence-electron chi connectivity index (χ2n) is 5.19. The molecule has 0 bridgehead atoms. The number of aromatic nitrogens is 1. The third-order valence-corrected chi connectivity index (χ3v) is 3.63. The highest BCUT2D eigenvalue weighted by atomic mass is 19.1. The van der Waals surface area contributed by atoms with E-state index in [-0.39, 0.29) is 11.9 Å². The van der Waals surface area contributed by atoms with Crippen LogP contribution in [0.1, 0.15) is 31.0 Å². The molecule has 0 radical (unpaired) electrons. The highest BCUT2D eigenvalue weighted by molar-refractivity contribution is 5.35. The van der Waals surface area contributed by atoms with Gasteiger partial charge in [-0.1, -0.05) is 24.3 Å². The Morgan fingerprint density at radius 1 is 1.24 bits per heavy atom. The molecule has 1 unspecified atom stereocenters. The van der Waals surface area contributed by atoms with Crippen LogP contribution in [0.4, 0.5) is 10.2 Å². The van der Waals surface area contributed by atoms with Crippen LogP contribution in [-0.2, 0) is 6.54 Å². The summed E-state index contributed by atoms with van der Waals surface area (Å²) < 4.78 is 13.8. The Hall–Kier alpha value is -1.94. The van der Waals surface area contributed by atoms with Crippen LogP contribution < -0.4 is 5.32 Å². The maximum atomic E-state index is 13.8. The third kappa shape index (κ3) is 4.02. The van der Waals surface area contributed by atoms with Crippen molar-refractivity contribution >= 4 is 5.82 Å². The highest BCUT2D eigenvalue weighted by Crippen LogP contribution is 2.23.